The number of nitrogens with zero attached hydrogens (tertiary/aromatic N) is 5. The number of amides is 1. The number of aromatic nitrogens is 5. The van der Waals surface area contributed by atoms with Crippen LogP contribution in [0.2, 0.25) is 0 Å². The Labute approximate surface area is 258 Å². The zero-order chi connectivity index (χ0) is 30.7. The molecule has 1 unspecified atom stereocenters. The number of piperidine rings is 1. The molecule has 1 amide bonds. The van der Waals surface area contributed by atoms with Gasteiger partial charge in [0.05, 0.1) is 41.8 Å². The van der Waals surface area contributed by atoms with Crippen molar-refractivity contribution in [1.29, 1.82) is 0 Å². The number of hydrogen-bond acceptors (Lipinski definition) is 7. The molecule has 1 aliphatic heterocycles. The second-order valence-electron chi connectivity index (χ2n) is 12.5. The van der Waals surface area contributed by atoms with Gasteiger partial charge in [0.2, 0.25) is 11.8 Å². The molecule has 1 saturated carbocycles. The molecule has 0 bridgehead atoms. The lowest BCUT2D eigenvalue weighted by Gasteiger charge is -2.30. The van der Waals surface area contributed by atoms with E-state index in [2.05, 4.69) is 33.4 Å². The van der Waals surface area contributed by atoms with Crippen molar-refractivity contribution >= 4 is 22.6 Å². The number of carbonyl (C=O) groups excluding carboxylic acids is 2. The molecule has 0 radical (unpaired) electrons. The summed E-state index contributed by atoms with van der Waals surface area (Å²) in [5, 5.41) is 8.66. The fraction of sp³-hybridized carbons (Fsp3) is 0.500. The van der Waals surface area contributed by atoms with E-state index in [1.165, 1.54) is 0 Å². The van der Waals surface area contributed by atoms with Gasteiger partial charge in [-0.1, -0.05) is 25.8 Å². The van der Waals surface area contributed by atoms with Gasteiger partial charge in [-0.25, -0.2) is 14.6 Å². The highest BCUT2D eigenvalue weighted by Gasteiger charge is 2.58. The van der Waals surface area contributed by atoms with Gasteiger partial charge in [-0.2, -0.15) is 5.10 Å². The average Bonchev–Trinajstić information content (AvgIpc) is 3.39. The fourth-order valence-electron chi connectivity index (χ4n) is 6.61. The fourth-order valence-corrected chi connectivity index (χ4v) is 6.61. The van der Waals surface area contributed by atoms with Crippen LogP contribution in [0.25, 0.3) is 27.8 Å². The van der Waals surface area contributed by atoms with Crippen molar-refractivity contribution in [3.63, 3.8) is 0 Å². The van der Waals surface area contributed by atoms with Crippen LogP contribution in [0.5, 0.6) is 5.88 Å². The SMILES string of the molecule is CCC(=O)CCCCC[C@H](NC(=O)C1CC12CCN(C)CC2)c1ncc(-c2cc3ccc(-n4cccn4)cc3nc2OC)[nH]1. The Hall–Kier alpha value is -4.05. The van der Waals surface area contributed by atoms with E-state index in [9.17, 15) is 9.59 Å². The third-order valence-corrected chi connectivity index (χ3v) is 9.59. The van der Waals surface area contributed by atoms with Crippen molar-refractivity contribution in [3.05, 3.63) is 54.7 Å². The minimum absolute atomic E-state index is 0.0757. The molecule has 4 heterocycles. The van der Waals surface area contributed by atoms with E-state index < -0.39 is 0 Å². The second kappa shape index (κ2) is 12.9. The van der Waals surface area contributed by atoms with Crippen molar-refractivity contribution < 1.29 is 14.3 Å². The van der Waals surface area contributed by atoms with Crippen molar-refractivity contribution in [1.82, 2.24) is 34.9 Å². The third kappa shape index (κ3) is 6.40. The lowest BCUT2D eigenvalue weighted by Crippen LogP contribution is -2.36. The standard InChI is InChI=1S/C34H43N7O3/c1-4-25(42)9-6-5-7-10-28(38-32(43)27-21-34(27)13-17-40(2)18-14-34)31-35-22-30(37-31)26-19-23-11-12-24(41-16-8-15-36-41)20-29(23)39-33(26)44-3/h8,11-12,15-16,19-20,22,27-28H,4-7,9-10,13-14,17-18,21H2,1-3H3,(H,35,37)(H,38,43)/t27?,28-/m0/s1. The summed E-state index contributed by atoms with van der Waals surface area (Å²) in [6.07, 6.45) is 13.3. The van der Waals surface area contributed by atoms with Gasteiger partial charge in [-0.3, -0.25) is 9.59 Å². The maximum atomic E-state index is 13.6. The van der Waals surface area contributed by atoms with E-state index in [0.29, 0.717) is 24.5 Å². The first kappa shape index (κ1) is 30.0. The maximum Gasteiger partial charge on any atom is 0.224 e. The van der Waals surface area contributed by atoms with Gasteiger partial charge < -0.3 is 19.9 Å². The summed E-state index contributed by atoms with van der Waals surface area (Å²) >= 11 is 0. The molecule has 1 aliphatic carbocycles. The Morgan fingerprint density at radius 3 is 2.77 bits per heavy atom. The number of carbonyl (C=O) groups is 2. The van der Waals surface area contributed by atoms with Crippen LogP contribution in [0.3, 0.4) is 0 Å². The number of ketones is 1. The number of fused-ring (bicyclic) bond motifs is 1. The Balaban J connectivity index is 1.21. The zero-order valence-corrected chi connectivity index (χ0v) is 26.0. The molecule has 1 aromatic carbocycles. The Morgan fingerprint density at radius 1 is 1.18 bits per heavy atom. The molecule has 6 rings (SSSR count). The normalized spacial score (nSPS) is 18.4. The van der Waals surface area contributed by atoms with Crippen LogP contribution in [0.4, 0.5) is 0 Å². The number of nitrogens with one attached hydrogen (secondary N) is 2. The summed E-state index contributed by atoms with van der Waals surface area (Å²) in [6, 6.07) is 9.73. The van der Waals surface area contributed by atoms with E-state index in [4.69, 9.17) is 14.7 Å². The van der Waals surface area contributed by atoms with Gasteiger partial charge in [0.15, 0.2) is 0 Å². The van der Waals surface area contributed by atoms with Crippen LogP contribution in [0.1, 0.15) is 76.6 Å². The van der Waals surface area contributed by atoms with Crippen molar-refractivity contribution in [2.75, 3.05) is 27.2 Å². The Bertz CT molecular complexity index is 1600. The van der Waals surface area contributed by atoms with Crippen molar-refractivity contribution in [2.24, 2.45) is 11.3 Å². The van der Waals surface area contributed by atoms with E-state index in [1.54, 1.807) is 24.2 Å². The highest BCUT2D eigenvalue weighted by Crippen LogP contribution is 2.59. The topological polar surface area (TPSA) is 118 Å². The molecule has 2 fully saturated rings. The largest absolute Gasteiger partial charge is 0.480 e. The molecule has 44 heavy (non-hydrogen) atoms. The Morgan fingerprint density at radius 2 is 2.02 bits per heavy atom. The zero-order valence-electron chi connectivity index (χ0n) is 26.0. The molecule has 10 nitrogen and oxygen atoms in total. The van der Waals surface area contributed by atoms with Gasteiger partial charge >= 0.3 is 0 Å². The molecule has 232 valence electrons. The van der Waals surface area contributed by atoms with Crippen LogP contribution in [0.15, 0.2) is 48.9 Å². The number of hydrogen-bond donors (Lipinski definition) is 2. The molecule has 10 heteroatoms. The van der Waals surface area contributed by atoms with E-state index in [-0.39, 0.29) is 23.3 Å². The van der Waals surface area contributed by atoms with Crippen LogP contribution in [-0.2, 0) is 9.59 Å². The predicted octanol–water partition coefficient (Wildman–Crippen LogP) is 5.64. The molecular formula is C34H43N7O3. The van der Waals surface area contributed by atoms with Gasteiger partial charge in [0, 0.05) is 36.5 Å². The van der Waals surface area contributed by atoms with Gasteiger partial charge in [-0.15, -0.1) is 0 Å². The van der Waals surface area contributed by atoms with Crippen LogP contribution < -0.4 is 10.1 Å². The number of Topliss-reactive ketones (excluding diaryl/α,β-unsaturated/α-hetero) is 1. The smallest absolute Gasteiger partial charge is 0.224 e. The first-order valence-electron chi connectivity index (χ1n) is 15.9. The minimum Gasteiger partial charge on any atom is -0.480 e. The highest BCUT2D eigenvalue weighted by molar-refractivity contribution is 5.87. The summed E-state index contributed by atoms with van der Waals surface area (Å²) in [7, 11) is 3.77. The number of likely N-dealkylation sites (tertiary alicyclic amines) is 1. The Kier molecular flexibility index (Phi) is 8.79. The number of H-pyrrole nitrogens is 1. The molecule has 1 saturated heterocycles. The molecule has 1 spiro atoms. The average molecular weight is 598 g/mol. The summed E-state index contributed by atoms with van der Waals surface area (Å²) in [5.41, 5.74) is 3.48. The van der Waals surface area contributed by atoms with Gasteiger partial charge in [0.1, 0.15) is 11.6 Å². The van der Waals surface area contributed by atoms with E-state index in [1.807, 2.05) is 37.4 Å². The minimum atomic E-state index is -0.238. The predicted molar refractivity (Wildman–Crippen MR) is 170 cm³/mol. The van der Waals surface area contributed by atoms with Crippen molar-refractivity contribution in [3.8, 4) is 22.8 Å². The first-order valence-corrected chi connectivity index (χ1v) is 15.9. The van der Waals surface area contributed by atoms with Crippen LogP contribution in [-0.4, -0.2) is 68.6 Å². The lowest BCUT2D eigenvalue weighted by molar-refractivity contribution is -0.124. The molecule has 4 aromatic rings. The maximum absolute atomic E-state index is 13.6. The molecule has 2 aliphatic rings. The highest BCUT2D eigenvalue weighted by atomic mass is 16.5. The number of rotatable bonds is 13. The molecule has 2 N–H and O–H groups in total. The summed E-state index contributed by atoms with van der Waals surface area (Å²) in [4.78, 5) is 40.7. The first-order chi connectivity index (χ1) is 21.4. The number of benzene rings is 1. The van der Waals surface area contributed by atoms with Crippen LogP contribution >= 0.6 is 0 Å². The summed E-state index contributed by atoms with van der Waals surface area (Å²) < 4.78 is 7.52. The molecule has 3 aromatic heterocycles. The van der Waals surface area contributed by atoms with Crippen LogP contribution in [0, 0.1) is 11.3 Å². The monoisotopic (exact) mass is 597 g/mol. The quantitative estimate of drug-likeness (QED) is 0.192. The van der Waals surface area contributed by atoms with E-state index in [0.717, 1.165) is 91.7 Å². The number of pyridine rings is 1. The van der Waals surface area contributed by atoms with Gasteiger partial charge in [-0.05, 0) is 81.9 Å². The summed E-state index contributed by atoms with van der Waals surface area (Å²) in [6.45, 7) is 4.02. The van der Waals surface area contributed by atoms with Crippen molar-refractivity contribution in [2.45, 2.75) is 70.8 Å². The second-order valence-corrected chi connectivity index (χ2v) is 12.5. The number of methoxy groups -OCH3 is 1. The summed E-state index contributed by atoms with van der Waals surface area (Å²) in [5.74, 6) is 1.74. The van der Waals surface area contributed by atoms with E-state index >= 15 is 0 Å². The molecule has 2 atom stereocenters. The number of ether oxygens (including phenoxy) is 1. The molecular weight excluding hydrogens is 554 g/mol. The number of imidazole rings is 1. The number of unbranched alkanes of at least 4 members (excludes halogenated alkanes) is 2. The third-order valence-electron chi connectivity index (χ3n) is 9.59. The van der Waals surface area contributed by atoms with Gasteiger partial charge in [0.25, 0.3) is 0 Å². The lowest BCUT2D eigenvalue weighted by atomic mass is 9.91. The number of aromatic amines is 1.